The molecule has 4 nitrogen and oxygen atoms in total. The molecular formula is C9H12N2O2S. The Morgan fingerprint density at radius 1 is 1.64 bits per heavy atom. The van der Waals surface area contributed by atoms with E-state index in [9.17, 15) is 9.59 Å². The van der Waals surface area contributed by atoms with Crippen LogP contribution in [0.5, 0.6) is 0 Å². The van der Waals surface area contributed by atoms with Gasteiger partial charge in [0, 0.05) is 30.6 Å². The molecule has 0 radical (unpaired) electrons. The summed E-state index contributed by atoms with van der Waals surface area (Å²) in [6, 6.07) is 0.404. The van der Waals surface area contributed by atoms with E-state index < -0.39 is 0 Å². The lowest BCUT2D eigenvalue weighted by Gasteiger charge is -2.02. The fourth-order valence-corrected chi connectivity index (χ4v) is 1.82. The Bertz CT molecular complexity index is 378. The number of carbonyl (C=O) groups excluding carboxylic acids is 1. The second kappa shape index (κ2) is 3.96. The maximum atomic E-state index is 11.3. The van der Waals surface area contributed by atoms with E-state index in [0.717, 1.165) is 24.2 Å². The van der Waals surface area contributed by atoms with Crippen LogP contribution in [0.1, 0.15) is 19.3 Å². The summed E-state index contributed by atoms with van der Waals surface area (Å²) in [6.07, 6.45) is 4.32. The number of thiazole rings is 1. The van der Waals surface area contributed by atoms with Crippen LogP contribution in [-0.4, -0.2) is 16.5 Å². The van der Waals surface area contributed by atoms with E-state index >= 15 is 0 Å². The largest absolute Gasteiger partial charge is 0.353 e. The second-order valence-corrected chi connectivity index (χ2v) is 4.31. The monoisotopic (exact) mass is 212 g/mol. The molecule has 1 aromatic rings. The van der Waals surface area contributed by atoms with Crippen LogP contribution in [0.25, 0.3) is 0 Å². The molecule has 0 spiro atoms. The van der Waals surface area contributed by atoms with Crippen molar-refractivity contribution in [2.75, 3.05) is 0 Å². The Kier molecular flexibility index (Phi) is 2.67. The lowest BCUT2D eigenvalue weighted by Crippen LogP contribution is -2.27. The molecule has 0 saturated heterocycles. The molecule has 1 heterocycles. The molecule has 0 unspecified atom stereocenters. The van der Waals surface area contributed by atoms with Crippen LogP contribution in [-0.2, 0) is 11.3 Å². The summed E-state index contributed by atoms with van der Waals surface area (Å²) < 4.78 is 1.57. The van der Waals surface area contributed by atoms with E-state index in [1.54, 1.807) is 16.1 Å². The van der Waals surface area contributed by atoms with Gasteiger partial charge in [-0.2, -0.15) is 0 Å². The van der Waals surface area contributed by atoms with Crippen LogP contribution < -0.4 is 10.2 Å². The van der Waals surface area contributed by atoms with E-state index in [4.69, 9.17) is 0 Å². The van der Waals surface area contributed by atoms with Crippen LogP contribution in [0.15, 0.2) is 16.4 Å². The van der Waals surface area contributed by atoms with Crippen molar-refractivity contribution in [1.82, 2.24) is 9.88 Å². The molecule has 1 aliphatic rings. The summed E-state index contributed by atoms with van der Waals surface area (Å²) in [5.74, 6) is 0.0469. The molecular weight excluding hydrogens is 200 g/mol. The topological polar surface area (TPSA) is 51.1 Å². The predicted molar refractivity (Wildman–Crippen MR) is 54.4 cm³/mol. The summed E-state index contributed by atoms with van der Waals surface area (Å²) in [4.78, 5) is 22.4. The van der Waals surface area contributed by atoms with Crippen molar-refractivity contribution in [2.45, 2.75) is 31.8 Å². The number of amides is 1. The van der Waals surface area contributed by atoms with Crippen LogP contribution in [0, 0.1) is 0 Å². The third-order valence-corrected chi connectivity index (χ3v) is 2.86. The van der Waals surface area contributed by atoms with E-state index in [1.807, 2.05) is 0 Å². The zero-order valence-corrected chi connectivity index (χ0v) is 8.55. The van der Waals surface area contributed by atoms with Crippen LogP contribution >= 0.6 is 11.3 Å². The van der Waals surface area contributed by atoms with Crippen LogP contribution in [0.4, 0.5) is 0 Å². The standard InChI is InChI=1S/C9H12N2O2S/c12-8(10-7-1-2-7)3-4-11-5-6-14-9(11)13/h5-7H,1-4H2,(H,10,12). The second-order valence-electron chi connectivity index (χ2n) is 3.45. The number of nitrogens with zero attached hydrogens (tertiary/aromatic N) is 1. The number of carbonyl (C=O) groups is 1. The lowest BCUT2D eigenvalue weighted by atomic mass is 10.4. The highest BCUT2D eigenvalue weighted by Crippen LogP contribution is 2.18. The van der Waals surface area contributed by atoms with Crippen molar-refractivity contribution in [3.05, 3.63) is 21.2 Å². The zero-order valence-electron chi connectivity index (χ0n) is 7.73. The van der Waals surface area contributed by atoms with E-state index in [0.29, 0.717) is 19.0 Å². The van der Waals surface area contributed by atoms with Crippen molar-refractivity contribution in [2.24, 2.45) is 0 Å². The highest BCUT2D eigenvalue weighted by molar-refractivity contribution is 7.07. The van der Waals surface area contributed by atoms with Gasteiger partial charge in [-0.1, -0.05) is 11.3 Å². The molecule has 1 N–H and O–H groups in total. The summed E-state index contributed by atoms with van der Waals surface area (Å²) in [5, 5.41) is 4.62. The van der Waals surface area contributed by atoms with Crippen molar-refractivity contribution in [1.29, 1.82) is 0 Å². The molecule has 1 aromatic heterocycles. The lowest BCUT2D eigenvalue weighted by molar-refractivity contribution is -0.121. The molecule has 14 heavy (non-hydrogen) atoms. The first kappa shape index (κ1) is 9.45. The number of hydrogen-bond acceptors (Lipinski definition) is 3. The first-order chi connectivity index (χ1) is 6.75. The Hall–Kier alpha value is -1.10. The SMILES string of the molecule is O=C(CCn1ccsc1=O)NC1CC1. The van der Waals surface area contributed by atoms with Gasteiger partial charge in [0.25, 0.3) is 0 Å². The highest BCUT2D eigenvalue weighted by atomic mass is 32.1. The third-order valence-electron chi connectivity index (χ3n) is 2.17. The Morgan fingerprint density at radius 2 is 2.43 bits per heavy atom. The molecule has 76 valence electrons. The van der Waals surface area contributed by atoms with Gasteiger partial charge in [0.2, 0.25) is 5.91 Å². The minimum atomic E-state index is 0.00391. The zero-order chi connectivity index (χ0) is 9.97. The molecule has 1 amide bonds. The maximum Gasteiger partial charge on any atom is 0.307 e. The van der Waals surface area contributed by atoms with E-state index in [1.165, 1.54) is 0 Å². The molecule has 1 aliphatic carbocycles. The number of aromatic nitrogens is 1. The molecule has 0 bridgehead atoms. The minimum Gasteiger partial charge on any atom is -0.353 e. The molecule has 0 atom stereocenters. The molecule has 0 aliphatic heterocycles. The minimum absolute atomic E-state index is 0.00391. The average molecular weight is 212 g/mol. The van der Waals surface area contributed by atoms with E-state index in [2.05, 4.69) is 5.32 Å². The highest BCUT2D eigenvalue weighted by Gasteiger charge is 2.22. The number of rotatable bonds is 4. The quantitative estimate of drug-likeness (QED) is 0.793. The molecule has 1 fully saturated rings. The van der Waals surface area contributed by atoms with Gasteiger partial charge in [0.15, 0.2) is 0 Å². The summed E-state index contributed by atoms with van der Waals surface area (Å²) in [5.41, 5.74) is 0. The summed E-state index contributed by atoms with van der Waals surface area (Å²) >= 11 is 1.16. The van der Waals surface area contributed by atoms with Gasteiger partial charge in [-0.15, -0.1) is 0 Å². The van der Waals surface area contributed by atoms with Crippen molar-refractivity contribution < 1.29 is 4.79 Å². The molecule has 0 aromatic carbocycles. The van der Waals surface area contributed by atoms with Crippen LogP contribution in [0.3, 0.4) is 0 Å². The van der Waals surface area contributed by atoms with Gasteiger partial charge < -0.3 is 9.88 Å². The van der Waals surface area contributed by atoms with Crippen LogP contribution in [0.2, 0.25) is 0 Å². The fraction of sp³-hybridized carbons (Fsp3) is 0.556. The van der Waals surface area contributed by atoms with E-state index in [-0.39, 0.29) is 10.8 Å². The number of aryl methyl sites for hydroxylation is 1. The van der Waals surface area contributed by atoms with Crippen molar-refractivity contribution >= 4 is 17.2 Å². The van der Waals surface area contributed by atoms with Gasteiger partial charge in [-0.05, 0) is 12.8 Å². The summed E-state index contributed by atoms with van der Waals surface area (Å²) in [7, 11) is 0. The predicted octanol–water partition coefficient (Wildman–Crippen LogP) is 0.579. The van der Waals surface area contributed by atoms with Crippen molar-refractivity contribution in [3.63, 3.8) is 0 Å². The number of hydrogen-bond donors (Lipinski definition) is 1. The number of nitrogens with one attached hydrogen (secondary N) is 1. The summed E-state index contributed by atoms with van der Waals surface area (Å²) in [6.45, 7) is 0.487. The van der Waals surface area contributed by atoms with Crippen molar-refractivity contribution in [3.8, 4) is 0 Å². The maximum absolute atomic E-state index is 11.3. The Morgan fingerprint density at radius 3 is 3.00 bits per heavy atom. The fourth-order valence-electron chi connectivity index (χ4n) is 1.21. The molecule has 5 heteroatoms. The smallest absolute Gasteiger partial charge is 0.307 e. The Labute approximate surface area is 85.6 Å². The average Bonchev–Trinajstić information content (AvgIpc) is 2.86. The van der Waals surface area contributed by atoms with Gasteiger partial charge in [0.05, 0.1) is 0 Å². The van der Waals surface area contributed by atoms with Gasteiger partial charge in [-0.25, -0.2) is 0 Å². The van der Waals surface area contributed by atoms with Gasteiger partial charge in [-0.3, -0.25) is 9.59 Å². The molecule has 2 rings (SSSR count). The Balaban J connectivity index is 1.78. The van der Waals surface area contributed by atoms with Gasteiger partial charge >= 0.3 is 4.87 Å². The first-order valence-electron chi connectivity index (χ1n) is 4.69. The third kappa shape index (κ3) is 2.45. The first-order valence-corrected chi connectivity index (χ1v) is 5.57. The van der Waals surface area contributed by atoms with Gasteiger partial charge in [0.1, 0.15) is 0 Å². The normalized spacial score (nSPS) is 15.4. The molecule has 1 saturated carbocycles.